The van der Waals surface area contributed by atoms with Crippen molar-refractivity contribution in [3.05, 3.63) is 23.9 Å². The SMILES string of the molecule is [2H]C([2H])([2H])C([2H])([2H])C([2H])([2H])c1ccc(B2OC(C)(C)C(C)(C)O2)nc1. The maximum absolute atomic E-state index is 7.96. The van der Waals surface area contributed by atoms with E-state index in [9.17, 15) is 0 Å². The Labute approximate surface area is 120 Å². The Morgan fingerprint density at radius 1 is 1.28 bits per heavy atom. The normalized spacial score (nSPS) is 29.3. The van der Waals surface area contributed by atoms with E-state index in [1.54, 1.807) is 0 Å². The lowest BCUT2D eigenvalue weighted by Crippen LogP contribution is -2.41. The van der Waals surface area contributed by atoms with E-state index in [4.69, 9.17) is 18.9 Å². The Kier molecular flexibility index (Phi) is 1.83. The molecule has 0 aromatic carbocycles. The van der Waals surface area contributed by atoms with Crippen LogP contribution < -0.4 is 5.59 Å². The van der Waals surface area contributed by atoms with Crippen LogP contribution in [0.2, 0.25) is 0 Å². The van der Waals surface area contributed by atoms with Gasteiger partial charge >= 0.3 is 7.12 Å². The first kappa shape index (κ1) is 7.06. The van der Waals surface area contributed by atoms with Gasteiger partial charge in [0, 0.05) is 15.8 Å². The molecule has 1 aliphatic heterocycles. The highest BCUT2D eigenvalue weighted by Gasteiger charge is 2.52. The van der Waals surface area contributed by atoms with E-state index >= 15 is 0 Å². The summed E-state index contributed by atoms with van der Waals surface area (Å²) in [6.45, 7) is 4.46. The fourth-order valence-electron chi connectivity index (χ4n) is 1.65. The molecule has 1 saturated heterocycles. The molecule has 1 aliphatic rings. The van der Waals surface area contributed by atoms with Crippen molar-refractivity contribution in [1.29, 1.82) is 0 Å². The minimum absolute atomic E-state index is 0.158. The lowest BCUT2D eigenvalue weighted by molar-refractivity contribution is 0.00578. The van der Waals surface area contributed by atoms with Gasteiger partial charge in [-0.1, -0.05) is 19.3 Å². The first-order valence-electron chi connectivity index (χ1n) is 9.35. The van der Waals surface area contributed by atoms with E-state index in [0.29, 0.717) is 5.59 Å². The van der Waals surface area contributed by atoms with Crippen LogP contribution in [0, 0.1) is 0 Å². The number of hydrogen-bond donors (Lipinski definition) is 0. The van der Waals surface area contributed by atoms with E-state index < -0.39 is 37.9 Å². The monoisotopic (exact) mass is 254 g/mol. The highest BCUT2D eigenvalue weighted by Crippen LogP contribution is 2.36. The van der Waals surface area contributed by atoms with Crippen LogP contribution in [-0.4, -0.2) is 23.3 Å². The lowest BCUT2D eigenvalue weighted by Gasteiger charge is -2.32. The number of aryl methyl sites for hydroxylation is 1. The van der Waals surface area contributed by atoms with E-state index in [-0.39, 0.29) is 5.56 Å². The van der Waals surface area contributed by atoms with E-state index in [2.05, 4.69) is 4.98 Å². The number of nitrogens with zero attached hydrogens (tertiary/aromatic N) is 1. The molecule has 2 rings (SSSR count). The summed E-state index contributed by atoms with van der Waals surface area (Å²) in [6.07, 6.45) is -4.67. The van der Waals surface area contributed by atoms with Gasteiger partial charge in [-0.15, -0.1) is 0 Å². The zero-order valence-corrected chi connectivity index (χ0v) is 11.1. The van der Waals surface area contributed by atoms with Gasteiger partial charge in [0.05, 0.1) is 16.8 Å². The highest BCUT2D eigenvalue weighted by atomic mass is 16.7. The van der Waals surface area contributed by atoms with Crippen LogP contribution in [0.1, 0.15) is 56.1 Å². The molecule has 0 bridgehead atoms. The van der Waals surface area contributed by atoms with Gasteiger partial charge in [0.15, 0.2) is 0 Å². The van der Waals surface area contributed by atoms with Gasteiger partial charge in [-0.25, -0.2) is 0 Å². The number of aromatic nitrogens is 1. The van der Waals surface area contributed by atoms with Crippen LogP contribution in [0.25, 0.3) is 0 Å². The van der Waals surface area contributed by atoms with Gasteiger partial charge < -0.3 is 9.31 Å². The van der Waals surface area contributed by atoms with Crippen molar-refractivity contribution in [3.8, 4) is 0 Å². The molecule has 0 atom stereocenters. The summed E-state index contributed by atoms with van der Waals surface area (Å²) < 4.78 is 64.8. The average molecular weight is 254 g/mol. The average Bonchev–Trinajstić information content (AvgIpc) is 2.66. The summed E-state index contributed by atoms with van der Waals surface area (Å²) >= 11 is 0. The number of pyridine rings is 1. The minimum Gasteiger partial charge on any atom is -0.398 e. The van der Waals surface area contributed by atoms with Crippen molar-refractivity contribution in [2.24, 2.45) is 0 Å². The molecule has 98 valence electrons. The Morgan fingerprint density at radius 2 is 1.94 bits per heavy atom. The van der Waals surface area contributed by atoms with Gasteiger partial charge in [0.25, 0.3) is 0 Å². The Hall–Kier alpha value is -0.865. The van der Waals surface area contributed by atoms with Crippen molar-refractivity contribution in [1.82, 2.24) is 4.98 Å². The summed E-state index contributed by atoms with van der Waals surface area (Å²) in [6, 6.07) is 2.78. The number of hydrogen-bond acceptors (Lipinski definition) is 3. The summed E-state index contributed by atoms with van der Waals surface area (Å²) in [5, 5.41) is 0. The molecule has 2 heterocycles. The first-order chi connectivity index (χ1) is 11.0. The van der Waals surface area contributed by atoms with Gasteiger partial charge in [-0.2, -0.15) is 0 Å². The predicted octanol–water partition coefficient (Wildman–Crippen LogP) is 2.33. The van der Waals surface area contributed by atoms with Gasteiger partial charge in [0.1, 0.15) is 0 Å². The van der Waals surface area contributed by atoms with Gasteiger partial charge in [-0.3, -0.25) is 4.98 Å². The summed E-state index contributed by atoms with van der Waals surface area (Å²) in [5.41, 5.74) is -0.849. The molecule has 0 saturated carbocycles. The molecule has 0 N–H and O–H groups in total. The predicted molar refractivity (Wildman–Crippen MR) is 73.9 cm³/mol. The molecule has 3 nitrogen and oxygen atoms in total. The van der Waals surface area contributed by atoms with E-state index in [0.717, 1.165) is 6.20 Å². The van der Waals surface area contributed by atoms with Crippen molar-refractivity contribution in [2.45, 2.75) is 58.5 Å². The van der Waals surface area contributed by atoms with Crippen LogP contribution in [-0.2, 0) is 15.7 Å². The van der Waals surface area contributed by atoms with Crippen LogP contribution >= 0.6 is 0 Å². The van der Waals surface area contributed by atoms with Gasteiger partial charge in [-0.05, 0) is 45.7 Å². The molecular weight excluding hydrogens is 225 g/mol. The number of rotatable bonds is 3. The smallest absolute Gasteiger partial charge is 0.398 e. The third-order valence-corrected chi connectivity index (χ3v) is 3.49. The van der Waals surface area contributed by atoms with Crippen LogP contribution in [0.5, 0.6) is 0 Å². The molecule has 18 heavy (non-hydrogen) atoms. The molecule has 0 radical (unpaired) electrons. The van der Waals surface area contributed by atoms with Crippen molar-refractivity contribution < 1.29 is 18.9 Å². The summed E-state index contributed by atoms with van der Waals surface area (Å²) in [7, 11) is -0.732. The van der Waals surface area contributed by atoms with Gasteiger partial charge in [0.2, 0.25) is 0 Å². The second kappa shape index (κ2) is 4.67. The Balaban J connectivity index is 2.30. The third kappa shape index (κ3) is 2.45. The largest absolute Gasteiger partial charge is 0.514 e. The summed E-state index contributed by atoms with van der Waals surface area (Å²) in [5.74, 6) is 0. The quantitative estimate of drug-likeness (QED) is 0.776. The van der Waals surface area contributed by atoms with E-state index in [1.807, 2.05) is 27.7 Å². The van der Waals surface area contributed by atoms with Crippen LogP contribution in [0.4, 0.5) is 0 Å². The van der Waals surface area contributed by atoms with Crippen molar-refractivity contribution in [2.75, 3.05) is 0 Å². The molecule has 1 aromatic heterocycles. The van der Waals surface area contributed by atoms with E-state index in [1.165, 1.54) is 12.1 Å². The maximum atomic E-state index is 7.96. The summed E-state index contributed by atoms with van der Waals surface area (Å²) in [4.78, 5) is 4.11. The van der Waals surface area contributed by atoms with Crippen molar-refractivity contribution in [3.63, 3.8) is 0 Å². The maximum Gasteiger partial charge on any atom is 0.514 e. The first-order valence-corrected chi connectivity index (χ1v) is 5.85. The topological polar surface area (TPSA) is 31.4 Å². The zero-order valence-electron chi connectivity index (χ0n) is 18.1. The Morgan fingerprint density at radius 3 is 2.44 bits per heavy atom. The lowest BCUT2D eigenvalue weighted by atomic mass is 9.84. The molecule has 0 unspecified atom stereocenters. The third-order valence-electron chi connectivity index (χ3n) is 3.49. The molecule has 0 amide bonds. The highest BCUT2D eigenvalue weighted by molar-refractivity contribution is 6.61. The zero-order chi connectivity index (χ0) is 19.5. The molecular formula is C14H22BNO2. The fraction of sp³-hybridized carbons (Fsp3) is 0.643. The molecule has 1 fully saturated rings. The second-order valence-electron chi connectivity index (χ2n) is 5.31. The van der Waals surface area contributed by atoms with Crippen LogP contribution in [0.3, 0.4) is 0 Å². The van der Waals surface area contributed by atoms with Crippen LogP contribution in [0.15, 0.2) is 18.3 Å². The second-order valence-corrected chi connectivity index (χ2v) is 5.31. The van der Waals surface area contributed by atoms with Crippen molar-refractivity contribution >= 4 is 12.7 Å². The Bertz CT molecular complexity index is 628. The fourth-order valence-corrected chi connectivity index (χ4v) is 1.65. The molecule has 4 heteroatoms. The molecule has 1 aromatic rings. The molecule has 0 spiro atoms. The molecule has 0 aliphatic carbocycles. The standard InChI is InChI=1S/C14H22BNO2/c1-6-7-11-8-9-12(16-10-11)15-17-13(2,3)14(4,5)18-15/h8-10H,6-7H2,1-5H3/i1D3,6D2,7D2. The minimum atomic E-state index is -3.11.